The van der Waals surface area contributed by atoms with Crippen molar-refractivity contribution in [3.8, 4) is 6.07 Å². The normalized spacial score (nSPS) is 26.7. The predicted octanol–water partition coefficient (Wildman–Crippen LogP) is 2.86. The van der Waals surface area contributed by atoms with Gasteiger partial charge in [-0.15, -0.1) is 11.3 Å². The average Bonchev–Trinajstić information content (AvgIpc) is 3.32. The Balaban J connectivity index is 1.35. The lowest BCUT2D eigenvalue weighted by Gasteiger charge is -2.23. The minimum absolute atomic E-state index is 0.0260. The second-order valence-corrected chi connectivity index (χ2v) is 7.63. The Bertz CT molecular complexity index is 742. The van der Waals surface area contributed by atoms with E-state index in [0.717, 1.165) is 38.3 Å². The Morgan fingerprint density at radius 3 is 3.21 bits per heavy atom. The first kappa shape index (κ1) is 15.6. The summed E-state index contributed by atoms with van der Waals surface area (Å²) in [5.74, 6) is 0.758. The number of thiophene rings is 1. The lowest BCUT2D eigenvalue weighted by atomic mass is 9.97. The molecule has 0 saturated carbocycles. The number of hydrogen-bond donors (Lipinski definition) is 1. The van der Waals surface area contributed by atoms with E-state index in [4.69, 9.17) is 10.00 Å². The van der Waals surface area contributed by atoms with Gasteiger partial charge in [0, 0.05) is 30.9 Å². The lowest BCUT2D eigenvalue weighted by molar-refractivity contribution is 0.0120. The summed E-state index contributed by atoms with van der Waals surface area (Å²) in [7, 11) is 0. The second kappa shape index (κ2) is 6.52. The largest absolute Gasteiger partial charge is 0.371 e. The maximum absolute atomic E-state index is 8.96. The fourth-order valence-electron chi connectivity index (χ4n) is 3.69. The first-order chi connectivity index (χ1) is 11.7. The van der Waals surface area contributed by atoms with Crippen LogP contribution in [0.5, 0.6) is 0 Å². The molecule has 0 amide bonds. The van der Waals surface area contributed by atoms with Crippen molar-refractivity contribution >= 4 is 17.2 Å². The maximum Gasteiger partial charge on any atom is 0.142 e. The Kier molecular flexibility index (Phi) is 4.23. The standard InChI is InChI=1S/C18H20N4OS/c19-10-14-3-1-5-17(20-14)21-15-9-18(23-12-15)6-7-22(13-18)11-16-4-2-8-24-16/h1-5,8,15H,6-7,9,11-13H2,(H,20,21)/t15-,18-/m0/s1. The molecule has 5 nitrogen and oxygen atoms in total. The number of rotatable bonds is 4. The molecule has 2 atom stereocenters. The van der Waals surface area contributed by atoms with Gasteiger partial charge in [0.1, 0.15) is 17.6 Å². The third kappa shape index (κ3) is 3.29. The molecule has 0 radical (unpaired) electrons. The number of pyridine rings is 1. The average molecular weight is 340 g/mol. The summed E-state index contributed by atoms with van der Waals surface area (Å²) in [6.07, 6.45) is 2.08. The molecule has 6 heteroatoms. The molecule has 2 aromatic rings. The van der Waals surface area contributed by atoms with E-state index in [1.165, 1.54) is 4.88 Å². The highest BCUT2D eigenvalue weighted by molar-refractivity contribution is 7.09. The minimum atomic E-state index is -0.0260. The van der Waals surface area contributed by atoms with Crippen LogP contribution in [-0.2, 0) is 11.3 Å². The van der Waals surface area contributed by atoms with Crippen molar-refractivity contribution in [1.29, 1.82) is 5.26 Å². The Hall–Kier alpha value is -1.94. The molecule has 2 aliphatic rings. The Morgan fingerprint density at radius 1 is 1.42 bits per heavy atom. The zero-order chi connectivity index (χ0) is 16.4. The molecule has 24 heavy (non-hydrogen) atoms. The first-order valence-electron chi connectivity index (χ1n) is 8.27. The van der Waals surface area contributed by atoms with Crippen molar-refractivity contribution in [3.05, 3.63) is 46.3 Å². The summed E-state index contributed by atoms with van der Waals surface area (Å²) in [5, 5.41) is 14.5. The van der Waals surface area contributed by atoms with Gasteiger partial charge in [-0.2, -0.15) is 5.26 Å². The predicted molar refractivity (Wildman–Crippen MR) is 93.9 cm³/mol. The van der Waals surface area contributed by atoms with Crippen LogP contribution in [0.3, 0.4) is 0 Å². The minimum Gasteiger partial charge on any atom is -0.371 e. The van der Waals surface area contributed by atoms with E-state index in [9.17, 15) is 0 Å². The van der Waals surface area contributed by atoms with E-state index >= 15 is 0 Å². The Labute approximate surface area is 145 Å². The van der Waals surface area contributed by atoms with Gasteiger partial charge in [0.2, 0.25) is 0 Å². The number of aromatic nitrogens is 1. The van der Waals surface area contributed by atoms with Crippen LogP contribution in [-0.4, -0.2) is 41.2 Å². The summed E-state index contributed by atoms with van der Waals surface area (Å²) in [6, 6.07) is 12.1. The highest BCUT2D eigenvalue weighted by Crippen LogP contribution is 2.36. The van der Waals surface area contributed by atoms with Crippen LogP contribution >= 0.6 is 11.3 Å². The molecular formula is C18H20N4OS. The van der Waals surface area contributed by atoms with Crippen LogP contribution in [0.4, 0.5) is 5.82 Å². The number of anilines is 1. The number of ether oxygens (including phenoxy) is 1. The monoisotopic (exact) mass is 340 g/mol. The van der Waals surface area contributed by atoms with Crippen molar-refractivity contribution in [2.75, 3.05) is 25.0 Å². The molecule has 2 saturated heterocycles. The zero-order valence-corrected chi connectivity index (χ0v) is 14.3. The highest BCUT2D eigenvalue weighted by atomic mass is 32.1. The van der Waals surface area contributed by atoms with Gasteiger partial charge in [-0.05, 0) is 30.0 Å². The lowest BCUT2D eigenvalue weighted by Crippen LogP contribution is -2.33. The van der Waals surface area contributed by atoms with E-state index in [2.05, 4.69) is 38.8 Å². The van der Waals surface area contributed by atoms with Gasteiger partial charge in [-0.3, -0.25) is 4.90 Å². The SMILES string of the molecule is N#Cc1cccc(N[C@@H]2CO[C@@]3(CCN(Cc4cccs4)C3)C2)n1. The number of hydrogen-bond acceptors (Lipinski definition) is 6. The molecule has 2 aromatic heterocycles. The molecule has 4 heterocycles. The van der Waals surface area contributed by atoms with E-state index in [-0.39, 0.29) is 11.6 Å². The molecule has 0 aromatic carbocycles. The van der Waals surface area contributed by atoms with Crippen LogP contribution in [0.25, 0.3) is 0 Å². The van der Waals surface area contributed by atoms with E-state index < -0.39 is 0 Å². The van der Waals surface area contributed by atoms with Crippen LogP contribution in [0, 0.1) is 11.3 Å². The van der Waals surface area contributed by atoms with Crippen LogP contribution in [0.2, 0.25) is 0 Å². The van der Waals surface area contributed by atoms with Crippen molar-refractivity contribution in [2.24, 2.45) is 0 Å². The van der Waals surface area contributed by atoms with Crippen molar-refractivity contribution < 1.29 is 4.74 Å². The van der Waals surface area contributed by atoms with E-state index in [1.54, 1.807) is 6.07 Å². The van der Waals surface area contributed by atoms with Crippen LogP contribution < -0.4 is 5.32 Å². The molecule has 2 aliphatic heterocycles. The van der Waals surface area contributed by atoms with E-state index in [1.807, 2.05) is 23.5 Å². The Morgan fingerprint density at radius 2 is 2.38 bits per heavy atom. The molecule has 124 valence electrons. The quantitative estimate of drug-likeness (QED) is 0.927. The summed E-state index contributed by atoms with van der Waals surface area (Å²) < 4.78 is 6.20. The number of nitrogens with zero attached hydrogens (tertiary/aromatic N) is 3. The van der Waals surface area contributed by atoms with Crippen molar-refractivity contribution in [2.45, 2.75) is 31.0 Å². The van der Waals surface area contributed by atoms with Gasteiger partial charge in [0.15, 0.2) is 0 Å². The molecular weight excluding hydrogens is 320 g/mol. The first-order valence-corrected chi connectivity index (χ1v) is 9.15. The topological polar surface area (TPSA) is 61.2 Å². The third-order valence-corrected chi connectivity index (χ3v) is 5.64. The smallest absolute Gasteiger partial charge is 0.142 e. The van der Waals surface area contributed by atoms with Gasteiger partial charge in [0.05, 0.1) is 18.2 Å². The third-order valence-electron chi connectivity index (χ3n) is 4.78. The fraction of sp³-hybridized carbons (Fsp3) is 0.444. The summed E-state index contributed by atoms with van der Waals surface area (Å²) in [5.41, 5.74) is 0.415. The highest BCUT2D eigenvalue weighted by Gasteiger charge is 2.45. The summed E-state index contributed by atoms with van der Waals surface area (Å²) in [6.45, 7) is 3.81. The van der Waals surface area contributed by atoms with Gasteiger partial charge in [-0.1, -0.05) is 12.1 Å². The summed E-state index contributed by atoms with van der Waals surface area (Å²) in [4.78, 5) is 8.20. The van der Waals surface area contributed by atoms with E-state index in [0.29, 0.717) is 12.3 Å². The van der Waals surface area contributed by atoms with Crippen molar-refractivity contribution in [1.82, 2.24) is 9.88 Å². The van der Waals surface area contributed by atoms with Crippen molar-refractivity contribution in [3.63, 3.8) is 0 Å². The van der Waals surface area contributed by atoms with Gasteiger partial charge in [0.25, 0.3) is 0 Å². The molecule has 2 fully saturated rings. The summed E-state index contributed by atoms with van der Waals surface area (Å²) >= 11 is 1.82. The number of nitrogens with one attached hydrogen (secondary N) is 1. The van der Waals surface area contributed by atoms with Crippen LogP contribution in [0.15, 0.2) is 35.7 Å². The zero-order valence-electron chi connectivity index (χ0n) is 13.4. The molecule has 1 spiro atoms. The molecule has 0 aliphatic carbocycles. The molecule has 4 rings (SSSR count). The fourth-order valence-corrected chi connectivity index (χ4v) is 4.44. The van der Waals surface area contributed by atoms with Gasteiger partial charge in [-0.25, -0.2) is 4.98 Å². The van der Waals surface area contributed by atoms with Gasteiger partial charge < -0.3 is 10.1 Å². The molecule has 0 bridgehead atoms. The number of likely N-dealkylation sites (tertiary alicyclic amines) is 1. The number of nitriles is 1. The maximum atomic E-state index is 8.96. The van der Waals surface area contributed by atoms with Gasteiger partial charge >= 0.3 is 0 Å². The van der Waals surface area contributed by atoms with Crippen LogP contribution in [0.1, 0.15) is 23.4 Å². The molecule has 0 unspecified atom stereocenters. The second-order valence-electron chi connectivity index (χ2n) is 6.60. The molecule has 1 N–H and O–H groups in total.